The van der Waals surface area contributed by atoms with Crippen LogP contribution in [0, 0.1) is 13.8 Å². The number of benzene rings is 2. The first kappa shape index (κ1) is 23.0. The third-order valence-electron chi connectivity index (χ3n) is 5.97. The number of amides is 1. The molecule has 1 unspecified atom stereocenters. The summed E-state index contributed by atoms with van der Waals surface area (Å²) in [6.07, 6.45) is 3.19. The standard InChI is InChI=1S/C27H26N2O5/c1-16-13-17(2)26(34-4)20(14-16)24(30)22-23(18-9-11-28-12-10-18)29(27(32)25(22)31)15-19-7-5-6-8-21(19)33-3/h5-14,23,30H,15H2,1-4H3/b24-22+. The first-order chi connectivity index (χ1) is 16.4. The van der Waals surface area contributed by atoms with E-state index in [1.54, 1.807) is 43.8 Å². The molecule has 2 aromatic carbocycles. The highest BCUT2D eigenvalue weighted by atomic mass is 16.5. The molecule has 1 aliphatic heterocycles. The van der Waals surface area contributed by atoms with Crippen LogP contribution in [0.3, 0.4) is 0 Å². The van der Waals surface area contributed by atoms with Gasteiger partial charge in [0.1, 0.15) is 17.3 Å². The first-order valence-corrected chi connectivity index (χ1v) is 10.8. The molecule has 7 heteroatoms. The van der Waals surface area contributed by atoms with Crippen LogP contribution in [0.25, 0.3) is 5.76 Å². The Morgan fingerprint density at radius 1 is 1.03 bits per heavy atom. The van der Waals surface area contributed by atoms with E-state index in [-0.39, 0.29) is 17.9 Å². The van der Waals surface area contributed by atoms with Gasteiger partial charge in [-0.15, -0.1) is 0 Å². The first-order valence-electron chi connectivity index (χ1n) is 10.8. The fourth-order valence-electron chi connectivity index (χ4n) is 4.50. The highest BCUT2D eigenvalue weighted by molar-refractivity contribution is 6.46. The van der Waals surface area contributed by atoms with E-state index in [0.717, 1.165) is 16.7 Å². The van der Waals surface area contributed by atoms with E-state index in [4.69, 9.17) is 9.47 Å². The maximum atomic E-state index is 13.3. The van der Waals surface area contributed by atoms with Crippen molar-refractivity contribution in [3.8, 4) is 11.5 Å². The second-order valence-corrected chi connectivity index (χ2v) is 8.18. The Morgan fingerprint density at radius 3 is 2.41 bits per heavy atom. The summed E-state index contributed by atoms with van der Waals surface area (Å²) in [5.41, 5.74) is 3.49. The van der Waals surface area contributed by atoms with Crippen molar-refractivity contribution in [2.45, 2.75) is 26.4 Å². The zero-order valence-electron chi connectivity index (χ0n) is 19.5. The minimum Gasteiger partial charge on any atom is -0.507 e. The minimum atomic E-state index is -0.807. The molecule has 1 atom stereocenters. The molecule has 0 radical (unpaired) electrons. The molecule has 7 nitrogen and oxygen atoms in total. The van der Waals surface area contributed by atoms with Crippen molar-refractivity contribution in [3.05, 3.63) is 94.3 Å². The fraction of sp³-hybridized carbons (Fsp3) is 0.222. The maximum absolute atomic E-state index is 13.3. The lowest BCUT2D eigenvalue weighted by Gasteiger charge is -2.26. The van der Waals surface area contributed by atoms with Gasteiger partial charge in [0, 0.05) is 18.0 Å². The summed E-state index contributed by atoms with van der Waals surface area (Å²) < 4.78 is 11.0. The lowest BCUT2D eigenvalue weighted by atomic mass is 9.94. The number of likely N-dealkylation sites (tertiary alicyclic amines) is 1. The number of pyridine rings is 1. The fourth-order valence-corrected chi connectivity index (χ4v) is 4.50. The number of Topliss-reactive ketones (excluding diaryl/α,β-unsaturated/α-hetero) is 1. The van der Waals surface area contributed by atoms with Gasteiger partial charge in [0.25, 0.3) is 11.7 Å². The van der Waals surface area contributed by atoms with Gasteiger partial charge in [0.15, 0.2) is 0 Å². The SMILES string of the molecule is COc1ccccc1CN1C(=O)C(=O)/C(=C(/O)c2cc(C)cc(C)c2OC)C1c1ccncc1. The Kier molecular flexibility index (Phi) is 6.36. The number of carbonyl (C=O) groups is 2. The molecular weight excluding hydrogens is 432 g/mol. The Morgan fingerprint density at radius 2 is 1.74 bits per heavy atom. The minimum absolute atomic E-state index is 0.00870. The zero-order valence-corrected chi connectivity index (χ0v) is 19.5. The van der Waals surface area contributed by atoms with Gasteiger partial charge >= 0.3 is 0 Å². The Hall–Kier alpha value is -4.13. The predicted octanol–water partition coefficient (Wildman–Crippen LogP) is 4.34. The number of rotatable bonds is 6. The van der Waals surface area contributed by atoms with Gasteiger partial charge in [-0.1, -0.05) is 24.3 Å². The van der Waals surface area contributed by atoms with Crippen molar-refractivity contribution in [3.63, 3.8) is 0 Å². The molecule has 174 valence electrons. The summed E-state index contributed by atoms with van der Waals surface area (Å²) in [6, 6.07) is 13.7. The van der Waals surface area contributed by atoms with Gasteiger partial charge in [-0.2, -0.15) is 0 Å². The molecule has 1 fully saturated rings. The number of hydrogen-bond donors (Lipinski definition) is 1. The van der Waals surface area contributed by atoms with Crippen molar-refractivity contribution in [1.29, 1.82) is 0 Å². The number of aliphatic hydroxyl groups is 1. The summed E-state index contributed by atoms with van der Waals surface area (Å²) in [5, 5.41) is 11.4. The molecule has 1 amide bonds. The molecule has 34 heavy (non-hydrogen) atoms. The van der Waals surface area contributed by atoms with Crippen LogP contribution in [0.4, 0.5) is 0 Å². The molecule has 0 aliphatic carbocycles. The van der Waals surface area contributed by atoms with Crippen molar-refractivity contribution in [2.24, 2.45) is 0 Å². The zero-order chi connectivity index (χ0) is 24.4. The van der Waals surface area contributed by atoms with Gasteiger partial charge in [-0.25, -0.2) is 0 Å². The number of hydrogen-bond acceptors (Lipinski definition) is 6. The van der Waals surface area contributed by atoms with Crippen molar-refractivity contribution in [1.82, 2.24) is 9.88 Å². The van der Waals surface area contributed by atoms with E-state index in [1.165, 1.54) is 12.0 Å². The smallest absolute Gasteiger partial charge is 0.295 e. The average molecular weight is 459 g/mol. The normalized spacial score (nSPS) is 17.2. The molecule has 4 rings (SSSR count). The summed E-state index contributed by atoms with van der Waals surface area (Å²) >= 11 is 0. The van der Waals surface area contributed by atoms with Crippen molar-refractivity contribution >= 4 is 17.4 Å². The number of para-hydroxylation sites is 1. The van der Waals surface area contributed by atoms with Crippen LogP contribution in [0.1, 0.15) is 33.9 Å². The summed E-state index contributed by atoms with van der Waals surface area (Å²) in [6.45, 7) is 3.88. The van der Waals surface area contributed by atoms with Crippen LogP contribution in [0.15, 0.2) is 66.5 Å². The van der Waals surface area contributed by atoms with E-state index in [1.807, 2.05) is 38.1 Å². The van der Waals surface area contributed by atoms with Gasteiger partial charge in [0.2, 0.25) is 0 Å². The van der Waals surface area contributed by atoms with Gasteiger partial charge < -0.3 is 19.5 Å². The number of methoxy groups -OCH3 is 2. The van der Waals surface area contributed by atoms with Gasteiger partial charge in [-0.3, -0.25) is 14.6 Å². The number of aryl methyl sites for hydroxylation is 2. The van der Waals surface area contributed by atoms with E-state index < -0.39 is 17.7 Å². The van der Waals surface area contributed by atoms with E-state index in [0.29, 0.717) is 22.6 Å². The second-order valence-electron chi connectivity index (χ2n) is 8.18. The van der Waals surface area contributed by atoms with Crippen molar-refractivity contribution < 1.29 is 24.2 Å². The Labute approximate surface area is 198 Å². The molecule has 0 spiro atoms. The van der Waals surface area contributed by atoms with Gasteiger partial charge in [0.05, 0.1) is 37.9 Å². The molecule has 3 aromatic rings. The van der Waals surface area contributed by atoms with E-state index in [9.17, 15) is 14.7 Å². The lowest BCUT2D eigenvalue weighted by Crippen LogP contribution is -2.29. The predicted molar refractivity (Wildman–Crippen MR) is 128 cm³/mol. The van der Waals surface area contributed by atoms with Crippen LogP contribution in [-0.2, 0) is 16.1 Å². The van der Waals surface area contributed by atoms with Crippen LogP contribution in [0.5, 0.6) is 11.5 Å². The average Bonchev–Trinajstić information content (AvgIpc) is 3.09. The summed E-state index contributed by atoms with van der Waals surface area (Å²) in [5.74, 6) is -0.666. The molecule has 1 aromatic heterocycles. The molecule has 0 saturated carbocycles. The Balaban J connectivity index is 1.92. The topological polar surface area (TPSA) is 89.0 Å². The lowest BCUT2D eigenvalue weighted by molar-refractivity contribution is -0.140. The Bertz CT molecular complexity index is 1280. The quantitative estimate of drug-likeness (QED) is 0.336. The van der Waals surface area contributed by atoms with Crippen molar-refractivity contribution in [2.75, 3.05) is 14.2 Å². The third-order valence-corrected chi connectivity index (χ3v) is 5.97. The molecule has 2 heterocycles. The monoisotopic (exact) mass is 458 g/mol. The van der Waals surface area contributed by atoms with E-state index >= 15 is 0 Å². The molecular formula is C27H26N2O5. The van der Waals surface area contributed by atoms with Crippen LogP contribution >= 0.6 is 0 Å². The number of carbonyl (C=O) groups excluding carboxylic acids is 2. The number of ketones is 1. The molecule has 1 saturated heterocycles. The summed E-state index contributed by atoms with van der Waals surface area (Å²) in [7, 11) is 3.06. The largest absolute Gasteiger partial charge is 0.507 e. The highest BCUT2D eigenvalue weighted by Gasteiger charge is 2.46. The number of ether oxygens (including phenoxy) is 2. The molecule has 1 aliphatic rings. The van der Waals surface area contributed by atoms with Crippen LogP contribution < -0.4 is 9.47 Å². The maximum Gasteiger partial charge on any atom is 0.295 e. The summed E-state index contributed by atoms with van der Waals surface area (Å²) in [4.78, 5) is 32.1. The second kappa shape index (κ2) is 9.39. The van der Waals surface area contributed by atoms with Crippen LogP contribution in [0.2, 0.25) is 0 Å². The third kappa shape index (κ3) is 4.01. The number of aromatic nitrogens is 1. The highest BCUT2D eigenvalue weighted by Crippen LogP contribution is 2.42. The van der Waals surface area contributed by atoms with Crippen LogP contribution in [-0.4, -0.2) is 40.9 Å². The number of nitrogens with zero attached hydrogens (tertiary/aromatic N) is 2. The van der Waals surface area contributed by atoms with Gasteiger partial charge in [-0.05, 0) is 54.8 Å². The molecule has 0 bridgehead atoms. The number of aliphatic hydroxyl groups excluding tert-OH is 1. The molecule has 1 N–H and O–H groups in total. The van der Waals surface area contributed by atoms with E-state index in [2.05, 4.69) is 4.98 Å².